The van der Waals surface area contributed by atoms with Gasteiger partial charge in [-0.3, -0.25) is 4.79 Å². The van der Waals surface area contributed by atoms with Crippen molar-refractivity contribution in [2.45, 2.75) is 26.7 Å². The number of hydrogen-bond donors (Lipinski definition) is 1. The molecule has 0 aliphatic carbocycles. The number of nitrogens with zero attached hydrogens (tertiary/aromatic N) is 5. The maximum absolute atomic E-state index is 11.1. The molecule has 7 heteroatoms. The molecule has 3 heterocycles. The SMILES string of the molecule is CCN1CCN(c2cc(N3CCC(C(=O)O)CC3)nc(C)n2)CC1. The fraction of sp³-hybridized carbons (Fsp3) is 0.706. The summed E-state index contributed by atoms with van der Waals surface area (Å²) in [7, 11) is 0. The monoisotopic (exact) mass is 333 g/mol. The number of carboxylic acid groups (broad SMARTS) is 1. The minimum absolute atomic E-state index is 0.217. The molecule has 24 heavy (non-hydrogen) atoms. The van der Waals surface area contributed by atoms with Crippen LogP contribution >= 0.6 is 0 Å². The van der Waals surface area contributed by atoms with Gasteiger partial charge in [0.25, 0.3) is 0 Å². The average Bonchev–Trinajstić information content (AvgIpc) is 2.61. The van der Waals surface area contributed by atoms with E-state index in [9.17, 15) is 4.79 Å². The van der Waals surface area contributed by atoms with Gasteiger partial charge in [-0.05, 0) is 26.3 Å². The summed E-state index contributed by atoms with van der Waals surface area (Å²) in [4.78, 5) is 27.3. The first-order valence-corrected chi connectivity index (χ1v) is 8.87. The third-order valence-electron chi connectivity index (χ3n) is 5.12. The Kier molecular flexibility index (Phi) is 5.18. The summed E-state index contributed by atoms with van der Waals surface area (Å²) >= 11 is 0. The number of likely N-dealkylation sites (N-methyl/N-ethyl adjacent to an activating group) is 1. The molecule has 0 amide bonds. The largest absolute Gasteiger partial charge is 0.481 e. The number of rotatable bonds is 4. The maximum atomic E-state index is 11.1. The number of aryl methyl sites for hydroxylation is 1. The van der Waals surface area contributed by atoms with Gasteiger partial charge in [-0.25, -0.2) is 9.97 Å². The van der Waals surface area contributed by atoms with E-state index in [1.165, 1.54) is 0 Å². The van der Waals surface area contributed by atoms with Gasteiger partial charge in [-0.2, -0.15) is 0 Å². The summed E-state index contributed by atoms with van der Waals surface area (Å²) in [5, 5.41) is 9.14. The first-order valence-electron chi connectivity index (χ1n) is 8.87. The maximum Gasteiger partial charge on any atom is 0.306 e. The van der Waals surface area contributed by atoms with Gasteiger partial charge in [0, 0.05) is 45.3 Å². The Balaban J connectivity index is 1.69. The van der Waals surface area contributed by atoms with Gasteiger partial charge in [0.1, 0.15) is 17.5 Å². The van der Waals surface area contributed by atoms with Crippen LogP contribution in [0, 0.1) is 12.8 Å². The van der Waals surface area contributed by atoms with Gasteiger partial charge in [-0.15, -0.1) is 0 Å². The zero-order valence-electron chi connectivity index (χ0n) is 14.6. The quantitative estimate of drug-likeness (QED) is 0.888. The molecular weight excluding hydrogens is 306 g/mol. The average molecular weight is 333 g/mol. The normalized spacial score (nSPS) is 20.4. The molecule has 0 aromatic carbocycles. The van der Waals surface area contributed by atoms with Crippen LogP contribution in [0.25, 0.3) is 0 Å². The lowest BCUT2D eigenvalue weighted by molar-refractivity contribution is -0.142. The highest BCUT2D eigenvalue weighted by atomic mass is 16.4. The van der Waals surface area contributed by atoms with Crippen molar-refractivity contribution in [1.29, 1.82) is 0 Å². The van der Waals surface area contributed by atoms with Crippen LogP contribution < -0.4 is 9.80 Å². The zero-order valence-corrected chi connectivity index (χ0v) is 14.6. The Morgan fingerprint density at radius 2 is 1.62 bits per heavy atom. The molecule has 0 atom stereocenters. The highest BCUT2D eigenvalue weighted by Crippen LogP contribution is 2.25. The van der Waals surface area contributed by atoms with E-state index in [1.54, 1.807) is 0 Å². The van der Waals surface area contributed by atoms with E-state index < -0.39 is 5.97 Å². The Hall–Kier alpha value is -1.89. The predicted molar refractivity (Wildman–Crippen MR) is 93.7 cm³/mol. The second kappa shape index (κ2) is 7.34. The molecule has 3 rings (SSSR count). The second-order valence-corrected chi connectivity index (χ2v) is 6.65. The first kappa shape index (κ1) is 17.0. The summed E-state index contributed by atoms with van der Waals surface area (Å²) < 4.78 is 0. The van der Waals surface area contributed by atoms with Crippen LogP contribution in [-0.4, -0.2) is 71.8 Å². The predicted octanol–water partition coefficient (Wildman–Crippen LogP) is 1.23. The van der Waals surface area contributed by atoms with Gasteiger partial charge in [-0.1, -0.05) is 6.92 Å². The number of piperidine rings is 1. The second-order valence-electron chi connectivity index (χ2n) is 6.65. The molecule has 7 nitrogen and oxygen atoms in total. The molecule has 2 aliphatic heterocycles. The highest BCUT2D eigenvalue weighted by molar-refractivity contribution is 5.70. The van der Waals surface area contributed by atoms with E-state index >= 15 is 0 Å². The minimum Gasteiger partial charge on any atom is -0.481 e. The standard InChI is InChI=1S/C17H27N5O2/c1-3-20-8-10-22(11-9-20)16-12-15(18-13(2)19-16)21-6-4-14(5-7-21)17(23)24/h12,14H,3-11H2,1-2H3,(H,23,24). The van der Waals surface area contributed by atoms with Crippen molar-refractivity contribution in [3.05, 3.63) is 11.9 Å². The molecule has 2 fully saturated rings. The van der Waals surface area contributed by atoms with Crippen LogP contribution in [-0.2, 0) is 4.79 Å². The van der Waals surface area contributed by atoms with Gasteiger partial charge in [0.05, 0.1) is 5.92 Å². The summed E-state index contributed by atoms with van der Waals surface area (Å²) in [6, 6.07) is 2.07. The molecule has 0 unspecified atom stereocenters. The fourth-order valence-electron chi connectivity index (χ4n) is 3.51. The van der Waals surface area contributed by atoms with Gasteiger partial charge >= 0.3 is 5.97 Å². The van der Waals surface area contributed by atoms with Gasteiger partial charge in [0.2, 0.25) is 0 Å². The van der Waals surface area contributed by atoms with E-state index in [0.717, 1.165) is 63.3 Å². The lowest BCUT2D eigenvalue weighted by Crippen LogP contribution is -2.46. The highest BCUT2D eigenvalue weighted by Gasteiger charge is 2.26. The lowest BCUT2D eigenvalue weighted by atomic mass is 9.97. The number of carboxylic acids is 1. The molecule has 0 spiro atoms. The van der Waals surface area contributed by atoms with Crippen LogP contribution in [0.3, 0.4) is 0 Å². The van der Waals surface area contributed by atoms with Gasteiger partial charge in [0.15, 0.2) is 0 Å². The smallest absolute Gasteiger partial charge is 0.306 e. The number of aliphatic carboxylic acids is 1. The Labute approximate surface area is 143 Å². The molecule has 2 saturated heterocycles. The van der Waals surface area contributed by atoms with Crippen molar-refractivity contribution < 1.29 is 9.90 Å². The van der Waals surface area contributed by atoms with Gasteiger partial charge < -0.3 is 19.8 Å². The van der Waals surface area contributed by atoms with E-state index in [4.69, 9.17) is 5.11 Å². The molecule has 0 saturated carbocycles. The third-order valence-corrected chi connectivity index (χ3v) is 5.12. The Bertz CT molecular complexity index is 578. The molecule has 2 aliphatic rings. The summed E-state index contributed by atoms with van der Waals surface area (Å²) in [5.41, 5.74) is 0. The molecule has 1 aromatic rings. The Morgan fingerprint density at radius 3 is 2.12 bits per heavy atom. The van der Waals surface area contributed by atoms with Crippen LogP contribution in [0.1, 0.15) is 25.6 Å². The molecule has 0 radical (unpaired) electrons. The first-order chi connectivity index (χ1) is 11.6. The lowest BCUT2D eigenvalue weighted by Gasteiger charge is -2.36. The molecular formula is C17H27N5O2. The number of piperazine rings is 1. The van der Waals surface area contributed by atoms with Crippen molar-refractivity contribution >= 4 is 17.6 Å². The van der Waals surface area contributed by atoms with Crippen molar-refractivity contribution in [2.24, 2.45) is 5.92 Å². The summed E-state index contributed by atoms with van der Waals surface area (Å²) in [6.07, 6.45) is 1.37. The van der Waals surface area contributed by atoms with Crippen molar-refractivity contribution in [3.8, 4) is 0 Å². The van der Waals surface area contributed by atoms with E-state index in [0.29, 0.717) is 12.8 Å². The summed E-state index contributed by atoms with van der Waals surface area (Å²) in [6.45, 7) is 10.8. The number of aromatic nitrogens is 2. The van der Waals surface area contributed by atoms with Crippen LogP contribution in [0.4, 0.5) is 11.6 Å². The van der Waals surface area contributed by atoms with E-state index in [-0.39, 0.29) is 5.92 Å². The fourth-order valence-corrected chi connectivity index (χ4v) is 3.51. The van der Waals surface area contributed by atoms with E-state index in [2.05, 4.69) is 37.7 Å². The topological polar surface area (TPSA) is 72.8 Å². The van der Waals surface area contributed by atoms with Crippen LogP contribution in [0.15, 0.2) is 6.07 Å². The summed E-state index contributed by atoms with van der Waals surface area (Å²) in [5.74, 6) is 1.81. The minimum atomic E-state index is -0.678. The van der Waals surface area contributed by atoms with Crippen LogP contribution in [0.5, 0.6) is 0 Å². The molecule has 1 N–H and O–H groups in total. The molecule has 1 aromatic heterocycles. The molecule has 0 bridgehead atoms. The van der Waals surface area contributed by atoms with Crippen molar-refractivity contribution in [1.82, 2.24) is 14.9 Å². The number of hydrogen-bond acceptors (Lipinski definition) is 6. The Morgan fingerprint density at radius 1 is 1.08 bits per heavy atom. The zero-order chi connectivity index (χ0) is 17.1. The molecule has 132 valence electrons. The van der Waals surface area contributed by atoms with E-state index in [1.807, 2.05) is 6.92 Å². The van der Waals surface area contributed by atoms with Crippen molar-refractivity contribution in [2.75, 3.05) is 55.6 Å². The number of carbonyl (C=O) groups is 1. The number of anilines is 2. The van der Waals surface area contributed by atoms with Crippen LogP contribution in [0.2, 0.25) is 0 Å². The van der Waals surface area contributed by atoms with Crippen molar-refractivity contribution in [3.63, 3.8) is 0 Å². The third kappa shape index (κ3) is 3.77.